The molecule has 1 fully saturated rings. The molecule has 0 spiro atoms. The van der Waals surface area contributed by atoms with E-state index in [1.807, 2.05) is 0 Å². The summed E-state index contributed by atoms with van der Waals surface area (Å²) in [6.07, 6.45) is 2.03. The van der Waals surface area contributed by atoms with Crippen LogP contribution in [-0.4, -0.2) is 19.3 Å². The number of hydrogen-bond donors (Lipinski definition) is 0. The predicted octanol–water partition coefficient (Wildman–Crippen LogP) is 1.69. The molecular weight excluding hydrogens is 147 g/mol. The predicted molar refractivity (Wildman–Crippen MR) is 38.9 cm³/mol. The molecule has 0 aromatic rings. The SMILES string of the molecule is COC(=O)C1CCCCC1F. The molecule has 1 aliphatic rings. The Labute approximate surface area is 65.7 Å². The second kappa shape index (κ2) is 3.69. The highest BCUT2D eigenvalue weighted by Crippen LogP contribution is 2.27. The number of carbonyl (C=O) groups excluding carboxylic acids is 1. The van der Waals surface area contributed by atoms with Gasteiger partial charge in [0, 0.05) is 0 Å². The lowest BCUT2D eigenvalue weighted by molar-refractivity contribution is -0.149. The first kappa shape index (κ1) is 8.50. The van der Waals surface area contributed by atoms with Gasteiger partial charge in [-0.3, -0.25) is 4.79 Å². The minimum absolute atomic E-state index is 0.391. The van der Waals surface area contributed by atoms with Gasteiger partial charge in [-0.25, -0.2) is 4.39 Å². The zero-order valence-electron chi connectivity index (χ0n) is 6.68. The van der Waals surface area contributed by atoms with Gasteiger partial charge in [0.2, 0.25) is 0 Å². The summed E-state index contributed by atoms with van der Waals surface area (Å²) >= 11 is 0. The molecule has 2 atom stereocenters. The third kappa shape index (κ3) is 1.91. The highest BCUT2D eigenvalue weighted by molar-refractivity contribution is 5.73. The molecule has 0 saturated heterocycles. The highest BCUT2D eigenvalue weighted by Gasteiger charge is 2.31. The minimum atomic E-state index is -0.976. The Morgan fingerprint density at radius 3 is 2.64 bits per heavy atom. The van der Waals surface area contributed by atoms with Crippen LogP contribution < -0.4 is 0 Å². The number of alkyl halides is 1. The molecule has 0 bridgehead atoms. The molecule has 0 heterocycles. The Morgan fingerprint density at radius 2 is 2.09 bits per heavy atom. The van der Waals surface area contributed by atoms with Crippen molar-refractivity contribution >= 4 is 5.97 Å². The quantitative estimate of drug-likeness (QED) is 0.545. The molecule has 3 heteroatoms. The highest BCUT2D eigenvalue weighted by atomic mass is 19.1. The van der Waals surface area contributed by atoms with E-state index < -0.39 is 18.1 Å². The topological polar surface area (TPSA) is 26.3 Å². The van der Waals surface area contributed by atoms with Crippen molar-refractivity contribution in [3.05, 3.63) is 0 Å². The summed E-state index contributed by atoms with van der Waals surface area (Å²) in [7, 11) is 1.31. The van der Waals surface area contributed by atoms with Crippen LogP contribution in [0.5, 0.6) is 0 Å². The molecule has 11 heavy (non-hydrogen) atoms. The summed E-state index contributed by atoms with van der Waals surface area (Å²) in [5.74, 6) is -0.883. The molecule has 0 amide bonds. The van der Waals surface area contributed by atoms with Gasteiger partial charge in [-0.15, -0.1) is 0 Å². The number of hydrogen-bond acceptors (Lipinski definition) is 2. The van der Waals surface area contributed by atoms with E-state index in [9.17, 15) is 9.18 Å². The molecule has 0 aliphatic heterocycles. The fraction of sp³-hybridized carbons (Fsp3) is 0.875. The van der Waals surface area contributed by atoms with E-state index in [-0.39, 0.29) is 0 Å². The monoisotopic (exact) mass is 160 g/mol. The summed E-state index contributed by atoms with van der Waals surface area (Å²) in [5, 5.41) is 0. The van der Waals surface area contributed by atoms with Crippen LogP contribution in [0.2, 0.25) is 0 Å². The van der Waals surface area contributed by atoms with E-state index in [1.54, 1.807) is 0 Å². The molecular formula is C8H13FO2. The summed E-state index contributed by atoms with van der Waals surface area (Å²) in [5.41, 5.74) is 0. The maximum atomic E-state index is 13.0. The van der Waals surface area contributed by atoms with Crippen molar-refractivity contribution in [1.82, 2.24) is 0 Å². The lowest BCUT2D eigenvalue weighted by atomic mass is 9.88. The van der Waals surface area contributed by atoms with Crippen LogP contribution in [0, 0.1) is 5.92 Å². The lowest BCUT2D eigenvalue weighted by Gasteiger charge is -2.22. The lowest BCUT2D eigenvalue weighted by Crippen LogP contribution is -2.29. The minimum Gasteiger partial charge on any atom is -0.469 e. The van der Waals surface area contributed by atoms with E-state index in [1.165, 1.54) is 7.11 Å². The van der Waals surface area contributed by atoms with Crippen molar-refractivity contribution in [3.8, 4) is 0 Å². The Bertz CT molecular complexity index is 147. The van der Waals surface area contributed by atoms with Gasteiger partial charge in [0.1, 0.15) is 6.17 Å². The van der Waals surface area contributed by atoms with Gasteiger partial charge in [-0.2, -0.15) is 0 Å². The second-order valence-electron chi connectivity index (χ2n) is 2.93. The number of halogens is 1. The van der Waals surface area contributed by atoms with Gasteiger partial charge in [-0.1, -0.05) is 12.8 Å². The first-order valence-corrected chi connectivity index (χ1v) is 3.97. The molecule has 1 aliphatic carbocycles. The molecule has 64 valence electrons. The smallest absolute Gasteiger partial charge is 0.311 e. The van der Waals surface area contributed by atoms with Gasteiger partial charge < -0.3 is 4.74 Å². The van der Waals surface area contributed by atoms with Crippen LogP contribution in [0.25, 0.3) is 0 Å². The van der Waals surface area contributed by atoms with Gasteiger partial charge >= 0.3 is 5.97 Å². The fourth-order valence-corrected chi connectivity index (χ4v) is 1.50. The average Bonchev–Trinajstić information content (AvgIpc) is 2.04. The van der Waals surface area contributed by atoms with Gasteiger partial charge in [0.15, 0.2) is 0 Å². The Morgan fingerprint density at radius 1 is 1.45 bits per heavy atom. The van der Waals surface area contributed by atoms with Crippen molar-refractivity contribution in [3.63, 3.8) is 0 Å². The maximum absolute atomic E-state index is 13.0. The second-order valence-corrected chi connectivity index (χ2v) is 2.93. The Kier molecular flexibility index (Phi) is 2.85. The van der Waals surface area contributed by atoms with E-state index in [0.717, 1.165) is 12.8 Å². The standard InChI is InChI=1S/C8H13FO2/c1-11-8(10)6-4-2-3-5-7(6)9/h6-7H,2-5H2,1H3. The first-order chi connectivity index (χ1) is 5.25. The molecule has 0 aromatic carbocycles. The zero-order chi connectivity index (χ0) is 8.27. The number of esters is 1. The van der Waals surface area contributed by atoms with Crippen molar-refractivity contribution in [2.75, 3.05) is 7.11 Å². The van der Waals surface area contributed by atoms with Crippen LogP contribution in [0.4, 0.5) is 4.39 Å². The van der Waals surface area contributed by atoms with E-state index in [0.29, 0.717) is 12.8 Å². The largest absolute Gasteiger partial charge is 0.469 e. The van der Waals surface area contributed by atoms with E-state index in [2.05, 4.69) is 4.74 Å². The van der Waals surface area contributed by atoms with Crippen LogP contribution in [0.3, 0.4) is 0 Å². The van der Waals surface area contributed by atoms with E-state index in [4.69, 9.17) is 0 Å². The number of carbonyl (C=O) groups is 1. The van der Waals surface area contributed by atoms with Gasteiger partial charge in [-0.05, 0) is 12.8 Å². The molecule has 0 radical (unpaired) electrons. The Hall–Kier alpha value is -0.600. The molecule has 0 N–H and O–H groups in total. The van der Waals surface area contributed by atoms with Gasteiger partial charge in [0.25, 0.3) is 0 Å². The van der Waals surface area contributed by atoms with Crippen molar-refractivity contribution in [2.45, 2.75) is 31.9 Å². The van der Waals surface area contributed by atoms with Crippen molar-refractivity contribution in [1.29, 1.82) is 0 Å². The van der Waals surface area contributed by atoms with Crippen LogP contribution in [-0.2, 0) is 9.53 Å². The number of ether oxygens (including phenoxy) is 1. The normalized spacial score (nSPS) is 31.5. The summed E-state index contributed by atoms with van der Waals surface area (Å²) in [6.45, 7) is 0. The molecule has 1 saturated carbocycles. The number of rotatable bonds is 1. The molecule has 1 rings (SSSR count). The number of methoxy groups -OCH3 is 1. The average molecular weight is 160 g/mol. The van der Waals surface area contributed by atoms with Crippen molar-refractivity contribution in [2.24, 2.45) is 5.92 Å². The van der Waals surface area contributed by atoms with Gasteiger partial charge in [0.05, 0.1) is 13.0 Å². The third-order valence-electron chi connectivity index (χ3n) is 2.19. The summed E-state index contributed by atoms with van der Waals surface area (Å²) in [6, 6.07) is 0. The third-order valence-corrected chi connectivity index (χ3v) is 2.19. The summed E-state index contributed by atoms with van der Waals surface area (Å²) < 4.78 is 17.5. The fourth-order valence-electron chi connectivity index (χ4n) is 1.50. The first-order valence-electron chi connectivity index (χ1n) is 3.97. The van der Waals surface area contributed by atoms with Crippen LogP contribution in [0.15, 0.2) is 0 Å². The molecule has 2 nitrogen and oxygen atoms in total. The van der Waals surface area contributed by atoms with Crippen molar-refractivity contribution < 1.29 is 13.9 Å². The maximum Gasteiger partial charge on any atom is 0.311 e. The summed E-state index contributed by atoms with van der Waals surface area (Å²) in [4.78, 5) is 10.9. The van der Waals surface area contributed by atoms with E-state index >= 15 is 0 Å². The zero-order valence-corrected chi connectivity index (χ0v) is 6.68. The molecule has 2 unspecified atom stereocenters. The molecule has 0 aromatic heterocycles. The Balaban J connectivity index is 2.47. The van der Waals surface area contributed by atoms with Crippen LogP contribution in [0.1, 0.15) is 25.7 Å². The van der Waals surface area contributed by atoms with Crippen LogP contribution >= 0.6 is 0 Å².